The molecule has 0 radical (unpaired) electrons. The van der Waals surface area contributed by atoms with E-state index in [-0.39, 0.29) is 24.5 Å². The average molecular weight is 382 g/mol. The van der Waals surface area contributed by atoms with Crippen LogP contribution in [0.15, 0.2) is 18.2 Å². The molecule has 2 aliphatic heterocycles. The quantitative estimate of drug-likeness (QED) is 0.822. The average Bonchev–Trinajstić information content (AvgIpc) is 3.01. The third-order valence-electron chi connectivity index (χ3n) is 5.31. The van der Waals surface area contributed by atoms with Crippen molar-refractivity contribution in [1.29, 1.82) is 0 Å². The van der Waals surface area contributed by atoms with Crippen molar-refractivity contribution < 1.29 is 22.7 Å². The van der Waals surface area contributed by atoms with E-state index in [0.717, 1.165) is 24.0 Å². The van der Waals surface area contributed by atoms with Gasteiger partial charge in [0.25, 0.3) is 5.91 Å². The van der Waals surface area contributed by atoms with Crippen molar-refractivity contribution in [2.24, 2.45) is 11.8 Å². The van der Waals surface area contributed by atoms with E-state index in [1.165, 1.54) is 0 Å². The smallest absolute Gasteiger partial charge is 0.254 e. The summed E-state index contributed by atoms with van der Waals surface area (Å²) in [5.41, 5.74) is 1.56. The van der Waals surface area contributed by atoms with Crippen LogP contribution in [0.4, 0.5) is 0 Å². The van der Waals surface area contributed by atoms with E-state index >= 15 is 0 Å². The van der Waals surface area contributed by atoms with Crippen LogP contribution in [0.3, 0.4) is 0 Å². The summed E-state index contributed by atoms with van der Waals surface area (Å²) in [6, 6.07) is 5.46. The maximum Gasteiger partial charge on any atom is 0.254 e. The predicted molar refractivity (Wildman–Crippen MR) is 97.8 cm³/mol. The van der Waals surface area contributed by atoms with Crippen LogP contribution in [0.5, 0.6) is 5.75 Å². The number of nitrogens with zero attached hydrogens (tertiary/aromatic N) is 1. The summed E-state index contributed by atoms with van der Waals surface area (Å²) in [5, 5.41) is 0. The lowest BCUT2D eigenvalue weighted by Crippen LogP contribution is -2.47. The van der Waals surface area contributed by atoms with Gasteiger partial charge in [-0.2, -0.15) is 0 Å². The second-order valence-electron chi connectivity index (χ2n) is 7.14. The molecule has 2 fully saturated rings. The molecule has 3 atom stereocenters. The van der Waals surface area contributed by atoms with Crippen molar-refractivity contribution in [3.8, 4) is 5.75 Å². The second kappa shape index (κ2) is 7.54. The van der Waals surface area contributed by atoms with Gasteiger partial charge in [0, 0.05) is 31.1 Å². The Kier molecular flexibility index (Phi) is 5.55. The number of hydrogen-bond donors (Lipinski definition) is 1. The van der Waals surface area contributed by atoms with Gasteiger partial charge in [-0.15, -0.1) is 0 Å². The number of likely N-dealkylation sites (tertiary alicyclic amines) is 1. The van der Waals surface area contributed by atoms with E-state index in [0.29, 0.717) is 31.2 Å². The molecule has 0 bridgehead atoms. The molecular weight excluding hydrogens is 356 g/mol. The van der Waals surface area contributed by atoms with Crippen molar-refractivity contribution in [3.05, 3.63) is 29.3 Å². The van der Waals surface area contributed by atoms with Crippen molar-refractivity contribution in [2.75, 3.05) is 39.6 Å². The SMILES string of the molecule is COc1ccc(C(=O)N2CC[C@H]3CO[C@H](CNS(C)(=O)=O)[C@H]3C2)c(C)c1. The van der Waals surface area contributed by atoms with Gasteiger partial charge in [-0.1, -0.05) is 0 Å². The Labute approximate surface area is 154 Å². The number of ether oxygens (including phenoxy) is 2. The van der Waals surface area contributed by atoms with Crippen LogP contribution in [0.2, 0.25) is 0 Å². The number of amides is 1. The molecule has 0 spiro atoms. The Hall–Kier alpha value is -1.64. The number of benzene rings is 1. The summed E-state index contributed by atoms with van der Waals surface area (Å²) >= 11 is 0. The first-order chi connectivity index (χ1) is 12.3. The number of hydrogen-bond acceptors (Lipinski definition) is 5. The maximum absolute atomic E-state index is 13.0. The van der Waals surface area contributed by atoms with Crippen LogP contribution >= 0.6 is 0 Å². The number of rotatable bonds is 5. The third-order valence-corrected chi connectivity index (χ3v) is 6.00. The topological polar surface area (TPSA) is 84.9 Å². The molecule has 2 aliphatic rings. The summed E-state index contributed by atoms with van der Waals surface area (Å²) in [7, 11) is -1.65. The van der Waals surface area contributed by atoms with Gasteiger partial charge < -0.3 is 14.4 Å². The summed E-state index contributed by atoms with van der Waals surface area (Å²) in [5.74, 6) is 1.27. The number of fused-ring (bicyclic) bond motifs is 1. The van der Waals surface area contributed by atoms with Crippen LogP contribution in [-0.2, 0) is 14.8 Å². The van der Waals surface area contributed by atoms with Gasteiger partial charge in [0.05, 0.1) is 26.1 Å². The van der Waals surface area contributed by atoms with E-state index in [1.807, 2.05) is 17.9 Å². The highest BCUT2D eigenvalue weighted by atomic mass is 32.2. The third kappa shape index (κ3) is 4.19. The van der Waals surface area contributed by atoms with E-state index in [2.05, 4.69) is 4.72 Å². The number of sulfonamides is 1. The van der Waals surface area contributed by atoms with Crippen LogP contribution in [0.25, 0.3) is 0 Å². The lowest BCUT2D eigenvalue weighted by Gasteiger charge is -2.36. The number of carbonyl (C=O) groups is 1. The molecule has 7 nitrogen and oxygen atoms in total. The van der Waals surface area contributed by atoms with E-state index in [4.69, 9.17) is 9.47 Å². The first-order valence-electron chi connectivity index (χ1n) is 8.78. The van der Waals surface area contributed by atoms with E-state index in [1.54, 1.807) is 19.2 Å². The first kappa shape index (κ1) is 19.1. The Bertz CT molecular complexity index is 780. The summed E-state index contributed by atoms with van der Waals surface area (Å²) < 4.78 is 36.2. The van der Waals surface area contributed by atoms with Crippen molar-refractivity contribution >= 4 is 15.9 Å². The van der Waals surface area contributed by atoms with Gasteiger partial charge >= 0.3 is 0 Å². The van der Waals surface area contributed by atoms with Gasteiger partial charge in [-0.05, 0) is 43.0 Å². The minimum absolute atomic E-state index is 0.00493. The zero-order chi connectivity index (χ0) is 18.9. The zero-order valence-corrected chi connectivity index (χ0v) is 16.2. The molecule has 3 rings (SSSR count). The molecule has 0 aromatic heterocycles. The molecule has 1 aromatic carbocycles. The number of methoxy groups -OCH3 is 1. The van der Waals surface area contributed by atoms with Crippen LogP contribution in [0.1, 0.15) is 22.3 Å². The molecular formula is C18H26N2O5S. The zero-order valence-electron chi connectivity index (χ0n) is 15.4. The number of aryl methyl sites for hydroxylation is 1. The molecule has 2 heterocycles. The van der Waals surface area contributed by atoms with E-state index < -0.39 is 10.0 Å². The number of carbonyl (C=O) groups excluding carboxylic acids is 1. The van der Waals surface area contributed by atoms with Gasteiger partial charge in [0.1, 0.15) is 5.75 Å². The lowest BCUT2D eigenvalue weighted by molar-refractivity contribution is 0.0562. The molecule has 1 aromatic rings. The van der Waals surface area contributed by atoms with Crippen LogP contribution in [-0.4, -0.2) is 64.9 Å². The molecule has 26 heavy (non-hydrogen) atoms. The standard InChI is InChI=1S/C18H26N2O5S/c1-12-8-14(24-2)4-5-15(12)18(21)20-7-6-13-11-25-17(16(13)10-20)9-19-26(3,22)23/h4-5,8,13,16-17,19H,6-7,9-11H2,1-3H3/t13-,16-,17+/m0/s1. The molecule has 1 amide bonds. The Balaban J connectivity index is 1.69. The minimum atomic E-state index is -3.26. The summed E-state index contributed by atoms with van der Waals surface area (Å²) in [6.07, 6.45) is 1.83. The van der Waals surface area contributed by atoms with Gasteiger partial charge in [-0.25, -0.2) is 13.1 Å². The van der Waals surface area contributed by atoms with E-state index in [9.17, 15) is 13.2 Å². The Morgan fingerprint density at radius 3 is 2.85 bits per heavy atom. The normalized spacial score (nSPS) is 25.8. The first-order valence-corrected chi connectivity index (χ1v) is 10.7. The highest BCUT2D eigenvalue weighted by Gasteiger charge is 2.42. The largest absolute Gasteiger partial charge is 0.497 e. The second-order valence-corrected chi connectivity index (χ2v) is 8.97. The molecule has 144 valence electrons. The fourth-order valence-corrected chi connectivity index (χ4v) is 4.30. The van der Waals surface area contributed by atoms with Gasteiger partial charge in [0.2, 0.25) is 10.0 Å². The maximum atomic E-state index is 13.0. The highest BCUT2D eigenvalue weighted by Crippen LogP contribution is 2.34. The number of piperidine rings is 1. The molecule has 1 N–H and O–H groups in total. The summed E-state index contributed by atoms with van der Waals surface area (Å²) in [4.78, 5) is 14.8. The number of nitrogens with one attached hydrogen (secondary N) is 1. The molecule has 8 heteroatoms. The Morgan fingerprint density at radius 2 is 2.19 bits per heavy atom. The fourth-order valence-electron chi connectivity index (χ4n) is 3.83. The predicted octanol–water partition coefficient (Wildman–Crippen LogP) is 1.03. The molecule has 0 aliphatic carbocycles. The van der Waals surface area contributed by atoms with Gasteiger partial charge in [0.15, 0.2) is 0 Å². The highest BCUT2D eigenvalue weighted by molar-refractivity contribution is 7.88. The van der Waals surface area contributed by atoms with Crippen LogP contribution in [0, 0.1) is 18.8 Å². The Morgan fingerprint density at radius 1 is 1.42 bits per heavy atom. The lowest BCUT2D eigenvalue weighted by atomic mass is 9.84. The van der Waals surface area contributed by atoms with Crippen LogP contribution < -0.4 is 9.46 Å². The summed E-state index contributed by atoms with van der Waals surface area (Å²) in [6.45, 7) is 4.07. The van der Waals surface area contributed by atoms with Crippen molar-refractivity contribution in [3.63, 3.8) is 0 Å². The van der Waals surface area contributed by atoms with Crippen molar-refractivity contribution in [2.45, 2.75) is 19.4 Å². The fraction of sp³-hybridized carbons (Fsp3) is 0.611. The molecule has 0 saturated carbocycles. The van der Waals surface area contributed by atoms with Crippen molar-refractivity contribution in [1.82, 2.24) is 9.62 Å². The monoisotopic (exact) mass is 382 g/mol. The molecule has 2 saturated heterocycles. The minimum Gasteiger partial charge on any atom is -0.497 e. The molecule has 0 unspecified atom stereocenters. The van der Waals surface area contributed by atoms with Gasteiger partial charge in [-0.3, -0.25) is 4.79 Å².